The van der Waals surface area contributed by atoms with Crippen LogP contribution in [0.4, 0.5) is 0 Å². The van der Waals surface area contributed by atoms with E-state index < -0.39 is 23.8 Å². The molecule has 0 aliphatic heterocycles. The minimum Gasteiger partial charge on any atom is -0.465 e. The van der Waals surface area contributed by atoms with Crippen molar-refractivity contribution < 1.29 is 19.1 Å². The Balaban J connectivity index is 2.62. The number of rotatable bonds is 6. The molecule has 1 saturated carbocycles. The third-order valence-corrected chi connectivity index (χ3v) is 4.12. The molecule has 0 spiro atoms. The Kier molecular flexibility index (Phi) is 7.39. The van der Waals surface area contributed by atoms with Gasteiger partial charge in [-0.2, -0.15) is 10.5 Å². The second-order valence-electron chi connectivity index (χ2n) is 5.39. The average Bonchev–Trinajstić information content (AvgIpc) is 2.51. The molecule has 1 aliphatic rings. The van der Waals surface area contributed by atoms with Gasteiger partial charge in [-0.15, -0.1) is 0 Å². The molecule has 0 saturated heterocycles. The zero-order valence-corrected chi connectivity index (χ0v) is 13.1. The second-order valence-corrected chi connectivity index (χ2v) is 5.39. The van der Waals surface area contributed by atoms with Gasteiger partial charge in [0.05, 0.1) is 25.4 Å². The summed E-state index contributed by atoms with van der Waals surface area (Å²) in [5.41, 5.74) is 0. The van der Waals surface area contributed by atoms with Crippen molar-refractivity contribution in [2.45, 2.75) is 39.5 Å². The fourth-order valence-corrected chi connectivity index (χ4v) is 2.98. The number of hydrogen-bond donors (Lipinski definition) is 0. The first-order valence-electron chi connectivity index (χ1n) is 7.71. The van der Waals surface area contributed by atoms with Crippen molar-refractivity contribution in [2.24, 2.45) is 23.7 Å². The molecule has 2 atom stereocenters. The van der Waals surface area contributed by atoms with Crippen molar-refractivity contribution in [3.05, 3.63) is 0 Å². The first-order valence-corrected chi connectivity index (χ1v) is 7.71. The normalized spacial score (nSPS) is 23.5. The van der Waals surface area contributed by atoms with Crippen LogP contribution >= 0.6 is 0 Å². The summed E-state index contributed by atoms with van der Waals surface area (Å²) < 4.78 is 9.85. The van der Waals surface area contributed by atoms with Crippen molar-refractivity contribution in [3.63, 3.8) is 0 Å². The molecule has 0 N–H and O–H groups in total. The van der Waals surface area contributed by atoms with Crippen LogP contribution in [0.5, 0.6) is 0 Å². The van der Waals surface area contributed by atoms with Crippen molar-refractivity contribution >= 4 is 11.9 Å². The van der Waals surface area contributed by atoms with Gasteiger partial charge in [-0.1, -0.05) is 0 Å². The van der Waals surface area contributed by atoms with Gasteiger partial charge in [-0.05, 0) is 51.4 Å². The smallest absolute Gasteiger partial charge is 0.323 e. The molecule has 0 heterocycles. The van der Waals surface area contributed by atoms with Gasteiger partial charge in [0, 0.05) is 0 Å². The van der Waals surface area contributed by atoms with Gasteiger partial charge >= 0.3 is 11.9 Å². The molecule has 2 unspecified atom stereocenters. The summed E-state index contributed by atoms with van der Waals surface area (Å²) in [6.07, 6.45) is 2.55. The number of carbonyl (C=O) groups excluding carboxylic acids is 2. The third kappa shape index (κ3) is 4.46. The highest BCUT2D eigenvalue weighted by atomic mass is 16.5. The van der Waals surface area contributed by atoms with E-state index >= 15 is 0 Å². The lowest BCUT2D eigenvalue weighted by Crippen LogP contribution is -2.32. The zero-order chi connectivity index (χ0) is 16.5. The average molecular weight is 306 g/mol. The Labute approximate surface area is 131 Å². The van der Waals surface area contributed by atoms with E-state index in [4.69, 9.17) is 9.47 Å². The van der Waals surface area contributed by atoms with Gasteiger partial charge in [0.25, 0.3) is 0 Å². The summed E-state index contributed by atoms with van der Waals surface area (Å²) in [7, 11) is 0. The predicted octanol–water partition coefficient (Wildman–Crippen LogP) is 2.20. The molecule has 6 heteroatoms. The topological polar surface area (TPSA) is 100 Å². The largest absolute Gasteiger partial charge is 0.465 e. The van der Waals surface area contributed by atoms with Crippen LogP contribution in [0.3, 0.4) is 0 Å². The van der Waals surface area contributed by atoms with Crippen LogP contribution in [-0.4, -0.2) is 25.2 Å². The van der Waals surface area contributed by atoms with Crippen molar-refractivity contribution in [3.8, 4) is 12.1 Å². The number of hydrogen-bond acceptors (Lipinski definition) is 6. The van der Waals surface area contributed by atoms with E-state index in [1.54, 1.807) is 13.8 Å². The molecule has 22 heavy (non-hydrogen) atoms. The molecule has 0 aromatic heterocycles. The van der Waals surface area contributed by atoms with E-state index in [1.807, 2.05) is 12.1 Å². The highest BCUT2D eigenvalue weighted by Crippen LogP contribution is 2.37. The molecule has 1 aliphatic carbocycles. The van der Waals surface area contributed by atoms with E-state index in [0.717, 1.165) is 0 Å². The number of ether oxygens (including phenoxy) is 2. The molecule has 120 valence electrons. The minimum absolute atomic E-state index is 0.0677. The summed E-state index contributed by atoms with van der Waals surface area (Å²) in [4.78, 5) is 23.5. The molecule has 6 nitrogen and oxygen atoms in total. The van der Waals surface area contributed by atoms with Crippen LogP contribution in [0.2, 0.25) is 0 Å². The molecule has 1 fully saturated rings. The van der Waals surface area contributed by atoms with Crippen molar-refractivity contribution in [1.29, 1.82) is 10.5 Å². The quantitative estimate of drug-likeness (QED) is 0.697. The van der Waals surface area contributed by atoms with E-state index in [2.05, 4.69) is 0 Å². The molecule has 0 aromatic carbocycles. The zero-order valence-electron chi connectivity index (χ0n) is 13.1. The van der Waals surface area contributed by atoms with E-state index in [9.17, 15) is 20.1 Å². The van der Waals surface area contributed by atoms with E-state index in [1.165, 1.54) is 0 Å². The Hall–Kier alpha value is -2.08. The van der Waals surface area contributed by atoms with Gasteiger partial charge in [0.1, 0.15) is 11.8 Å². The highest BCUT2D eigenvalue weighted by molar-refractivity contribution is 5.76. The molecule has 0 bridgehead atoms. The van der Waals surface area contributed by atoms with Crippen LogP contribution in [0.25, 0.3) is 0 Å². The van der Waals surface area contributed by atoms with E-state index in [-0.39, 0.29) is 25.0 Å². The van der Waals surface area contributed by atoms with Gasteiger partial charge in [-0.3, -0.25) is 9.59 Å². The van der Waals surface area contributed by atoms with E-state index in [0.29, 0.717) is 25.7 Å². The van der Waals surface area contributed by atoms with Gasteiger partial charge in [-0.25, -0.2) is 0 Å². The highest BCUT2D eigenvalue weighted by Gasteiger charge is 2.37. The molecule has 0 radical (unpaired) electrons. The van der Waals surface area contributed by atoms with Crippen molar-refractivity contribution in [2.75, 3.05) is 13.2 Å². The first kappa shape index (κ1) is 18.0. The number of carbonyl (C=O) groups is 2. The lowest BCUT2D eigenvalue weighted by molar-refractivity contribution is -0.150. The van der Waals surface area contributed by atoms with Crippen LogP contribution in [0, 0.1) is 46.3 Å². The summed E-state index contributed by atoms with van der Waals surface area (Å²) in [5.74, 6) is -2.61. The van der Waals surface area contributed by atoms with Gasteiger partial charge in [0.2, 0.25) is 0 Å². The van der Waals surface area contributed by atoms with Gasteiger partial charge in [0.15, 0.2) is 0 Å². The Bertz CT molecular complexity index is 426. The van der Waals surface area contributed by atoms with Crippen molar-refractivity contribution in [1.82, 2.24) is 0 Å². The second kappa shape index (κ2) is 9.04. The third-order valence-electron chi connectivity index (χ3n) is 4.12. The monoisotopic (exact) mass is 306 g/mol. The summed E-state index contributed by atoms with van der Waals surface area (Å²) >= 11 is 0. The SMILES string of the molecule is CCOC(=O)C(C#N)C1CCC(C(C#N)C(=O)OCC)CC1. The van der Waals surface area contributed by atoms with Crippen LogP contribution in [0.1, 0.15) is 39.5 Å². The Morgan fingerprint density at radius 3 is 1.45 bits per heavy atom. The van der Waals surface area contributed by atoms with Crippen LogP contribution in [-0.2, 0) is 19.1 Å². The molecular weight excluding hydrogens is 284 g/mol. The van der Waals surface area contributed by atoms with Crippen LogP contribution < -0.4 is 0 Å². The maximum absolute atomic E-state index is 11.8. The van der Waals surface area contributed by atoms with Gasteiger partial charge < -0.3 is 9.47 Å². The standard InChI is InChI=1S/C16H22N2O4/c1-3-21-15(19)13(9-17)11-5-7-12(8-6-11)14(10-18)16(20)22-4-2/h11-14H,3-8H2,1-2H3. The minimum atomic E-state index is -0.760. The molecule has 0 amide bonds. The summed E-state index contributed by atoms with van der Waals surface area (Å²) in [6.45, 7) is 3.93. The fourth-order valence-electron chi connectivity index (χ4n) is 2.98. The predicted molar refractivity (Wildman–Crippen MR) is 76.9 cm³/mol. The lowest BCUT2D eigenvalue weighted by atomic mass is 9.72. The summed E-state index contributed by atoms with van der Waals surface area (Å²) in [5, 5.41) is 18.4. The molecular formula is C16H22N2O4. The first-order chi connectivity index (χ1) is 10.6. The Morgan fingerprint density at radius 1 is 0.909 bits per heavy atom. The summed E-state index contributed by atoms with van der Waals surface area (Å²) in [6, 6.07) is 4.05. The maximum atomic E-state index is 11.8. The number of nitrogens with zero attached hydrogens (tertiary/aromatic N) is 2. The van der Waals surface area contributed by atoms with Crippen LogP contribution in [0.15, 0.2) is 0 Å². The maximum Gasteiger partial charge on any atom is 0.323 e. The lowest BCUT2D eigenvalue weighted by Gasteiger charge is -2.31. The fraction of sp³-hybridized carbons (Fsp3) is 0.750. The molecule has 0 aromatic rings. The Morgan fingerprint density at radius 2 is 1.23 bits per heavy atom. The molecule has 1 rings (SSSR count). The number of nitriles is 2. The number of esters is 2.